The number of hydrogen-bond acceptors (Lipinski definition) is 6. The summed E-state index contributed by atoms with van der Waals surface area (Å²) in [6, 6.07) is -1.13. The second-order valence-corrected chi connectivity index (χ2v) is 6.08. The Labute approximate surface area is 133 Å². The maximum absolute atomic E-state index is 12.3. The van der Waals surface area contributed by atoms with E-state index in [-0.39, 0.29) is 13.0 Å². The lowest BCUT2D eigenvalue weighted by atomic mass is 10.1. The van der Waals surface area contributed by atoms with Crippen LogP contribution in [0.25, 0.3) is 0 Å². The summed E-state index contributed by atoms with van der Waals surface area (Å²) in [6.07, 6.45) is 2.57. The predicted molar refractivity (Wildman–Crippen MR) is 80.7 cm³/mol. The highest BCUT2D eigenvalue weighted by Gasteiger charge is 2.49. The number of aliphatic carboxylic acids is 1. The van der Waals surface area contributed by atoms with Crippen molar-refractivity contribution in [2.24, 2.45) is 4.99 Å². The minimum absolute atomic E-state index is 0.0823. The van der Waals surface area contributed by atoms with Crippen LogP contribution in [0.15, 0.2) is 4.99 Å². The highest BCUT2D eigenvalue weighted by atomic mass is 16.4. The van der Waals surface area contributed by atoms with Crippen molar-refractivity contribution in [1.82, 2.24) is 20.0 Å². The minimum Gasteiger partial charge on any atom is -0.481 e. The number of piperidine rings is 1. The quantitative estimate of drug-likeness (QED) is 0.725. The van der Waals surface area contributed by atoms with E-state index in [1.807, 2.05) is 0 Å². The van der Waals surface area contributed by atoms with Crippen molar-refractivity contribution in [2.75, 3.05) is 26.7 Å². The van der Waals surface area contributed by atoms with Crippen LogP contribution in [-0.4, -0.2) is 82.6 Å². The normalized spacial score (nSPS) is 27.7. The van der Waals surface area contributed by atoms with Gasteiger partial charge in [-0.2, -0.15) is 0 Å². The van der Waals surface area contributed by atoms with Crippen molar-refractivity contribution >= 4 is 23.9 Å². The van der Waals surface area contributed by atoms with E-state index in [1.54, 1.807) is 11.9 Å². The van der Waals surface area contributed by atoms with Crippen LogP contribution in [-0.2, 0) is 9.59 Å². The summed E-state index contributed by atoms with van der Waals surface area (Å²) in [5, 5.41) is 11.3. The summed E-state index contributed by atoms with van der Waals surface area (Å²) in [6.45, 7) is 1.86. The molecule has 2 atom stereocenters. The molecule has 0 aromatic rings. The number of urea groups is 1. The Morgan fingerprint density at radius 3 is 2.65 bits per heavy atom. The van der Waals surface area contributed by atoms with Gasteiger partial charge in [0, 0.05) is 26.7 Å². The third-order valence-corrected chi connectivity index (χ3v) is 4.54. The maximum atomic E-state index is 12.3. The Kier molecular flexibility index (Phi) is 4.10. The van der Waals surface area contributed by atoms with E-state index in [4.69, 9.17) is 5.11 Å². The molecule has 3 aliphatic heterocycles. The Morgan fingerprint density at radius 2 is 2.00 bits per heavy atom. The van der Waals surface area contributed by atoms with E-state index in [2.05, 4.69) is 15.2 Å². The molecule has 0 aromatic carbocycles. The maximum Gasteiger partial charge on any atom is 0.325 e. The summed E-state index contributed by atoms with van der Waals surface area (Å²) in [5.74, 6) is -0.705. The number of carbonyl (C=O) groups is 3. The highest BCUT2D eigenvalue weighted by molar-refractivity contribution is 6.03. The first-order chi connectivity index (χ1) is 11.0. The van der Waals surface area contributed by atoms with E-state index < -0.39 is 30.1 Å². The van der Waals surface area contributed by atoms with Crippen molar-refractivity contribution in [3.8, 4) is 0 Å². The van der Waals surface area contributed by atoms with Gasteiger partial charge in [0.05, 0.1) is 6.42 Å². The SMILES string of the molecule is CN1C(=O)NC(=O)C2C1N=C(N1CCCCC1)N2CCC(=O)O. The first kappa shape index (κ1) is 15.6. The van der Waals surface area contributed by atoms with Gasteiger partial charge in [-0.05, 0) is 19.3 Å². The lowest BCUT2D eigenvalue weighted by molar-refractivity contribution is -0.138. The summed E-state index contributed by atoms with van der Waals surface area (Å²) in [4.78, 5) is 44.9. The van der Waals surface area contributed by atoms with Crippen LogP contribution in [0.5, 0.6) is 0 Å². The van der Waals surface area contributed by atoms with Gasteiger partial charge in [-0.1, -0.05) is 0 Å². The third-order valence-electron chi connectivity index (χ3n) is 4.54. The molecule has 0 saturated carbocycles. The van der Waals surface area contributed by atoms with Crippen molar-refractivity contribution < 1.29 is 19.5 Å². The van der Waals surface area contributed by atoms with Crippen LogP contribution in [0.3, 0.4) is 0 Å². The zero-order chi connectivity index (χ0) is 16.6. The molecule has 2 fully saturated rings. The fraction of sp³-hybridized carbons (Fsp3) is 0.714. The number of aliphatic imine (C=N–C) groups is 1. The second-order valence-electron chi connectivity index (χ2n) is 6.08. The summed E-state index contributed by atoms with van der Waals surface area (Å²) < 4.78 is 0. The topological polar surface area (TPSA) is 106 Å². The molecular formula is C14H21N5O4. The van der Waals surface area contributed by atoms with Crippen LogP contribution < -0.4 is 5.32 Å². The van der Waals surface area contributed by atoms with Gasteiger partial charge in [-0.15, -0.1) is 0 Å². The van der Waals surface area contributed by atoms with Crippen LogP contribution in [0.1, 0.15) is 25.7 Å². The molecule has 3 amide bonds. The molecule has 0 aromatic heterocycles. The minimum atomic E-state index is -0.924. The van der Waals surface area contributed by atoms with Gasteiger partial charge in [0.2, 0.25) is 0 Å². The lowest BCUT2D eigenvalue weighted by Gasteiger charge is -2.38. The monoisotopic (exact) mass is 323 g/mol. The zero-order valence-electron chi connectivity index (χ0n) is 13.1. The lowest BCUT2D eigenvalue weighted by Crippen LogP contribution is -2.64. The molecule has 9 nitrogen and oxygen atoms in total. The molecule has 0 radical (unpaired) electrons. The fourth-order valence-corrected chi connectivity index (χ4v) is 3.32. The number of amides is 3. The van der Waals surface area contributed by atoms with Gasteiger partial charge in [0.15, 0.2) is 18.2 Å². The van der Waals surface area contributed by atoms with Gasteiger partial charge in [-0.25, -0.2) is 9.79 Å². The summed E-state index contributed by atoms with van der Waals surface area (Å²) in [5.41, 5.74) is 0. The molecule has 0 bridgehead atoms. The largest absolute Gasteiger partial charge is 0.481 e. The van der Waals surface area contributed by atoms with E-state index in [9.17, 15) is 14.4 Å². The smallest absolute Gasteiger partial charge is 0.325 e. The van der Waals surface area contributed by atoms with E-state index >= 15 is 0 Å². The molecule has 0 aliphatic carbocycles. The van der Waals surface area contributed by atoms with Gasteiger partial charge in [0.1, 0.15) is 0 Å². The number of hydrogen-bond donors (Lipinski definition) is 2. The van der Waals surface area contributed by atoms with Crippen molar-refractivity contribution in [2.45, 2.75) is 37.9 Å². The van der Waals surface area contributed by atoms with Gasteiger partial charge >= 0.3 is 12.0 Å². The van der Waals surface area contributed by atoms with Crippen LogP contribution in [0, 0.1) is 0 Å². The number of fused-ring (bicyclic) bond motifs is 1. The molecule has 2 N–H and O–H groups in total. The van der Waals surface area contributed by atoms with Crippen molar-refractivity contribution in [3.05, 3.63) is 0 Å². The van der Waals surface area contributed by atoms with Gasteiger partial charge in [-0.3, -0.25) is 14.9 Å². The Balaban J connectivity index is 1.88. The van der Waals surface area contributed by atoms with Crippen LogP contribution >= 0.6 is 0 Å². The molecule has 3 rings (SSSR count). The standard InChI is InChI=1S/C14H21N5O4/c1-17-11-10(12(22)16-14(17)23)19(8-5-9(20)21)13(15-11)18-6-3-2-4-7-18/h10-11H,2-8H2,1H3,(H,20,21)(H,16,22,23). The Morgan fingerprint density at radius 1 is 1.30 bits per heavy atom. The number of rotatable bonds is 3. The summed E-state index contributed by atoms with van der Waals surface area (Å²) in [7, 11) is 1.59. The van der Waals surface area contributed by atoms with Gasteiger partial charge in [0.25, 0.3) is 5.91 Å². The predicted octanol–water partition coefficient (Wildman–Crippen LogP) is -0.505. The van der Waals surface area contributed by atoms with Crippen LogP contribution in [0.2, 0.25) is 0 Å². The molecule has 3 aliphatic rings. The molecule has 9 heteroatoms. The zero-order valence-corrected chi connectivity index (χ0v) is 13.1. The Hall–Kier alpha value is -2.32. The number of nitrogens with one attached hydrogen (secondary N) is 1. The van der Waals surface area contributed by atoms with Crippen LogP contribution in [0.4, 0.5) is 4.79 Å². The number of likely N-dealkylation sites (tertiary alicyclic amines) is 1. The molecule has 2 unspecified atom stereocenters. The molecule has 23 heavy (non-hydrogen) atoms. The first-order valence-electron chi connectivity index (χ1n) is 7.88. The fourth-order valence-electron chi connectivity index (χ4n) is 3.32. The van der Waals surface area contributed by atoms with Crippen molar-refractivity contribution in [1.29, 1.82) is 0 Å². The number of carboxylic acid groups (broad SMARTS) is 1. The number of carbonyl (C=O) groups excluding carboxylic acids is 2. The molecule has 126 valence electrons. The van der Waals surface area contributed by atoms with E-state index in [1.165, 1.54) is 4.90 Å². The first-order valence-corrected chi connectivity index (χ1v) is 7.88. The number of likely N-dealkylation sites (N-methyl/N-ethyl adjacent to an activating group) is 1. The second kappa shape index (κ2) is 6.05. The number of guanidine groups is 1. The number of carboxylic acids is 1. The molecule has 2 saturated heterocycles. The molecule has 0 spiro atoms. The average Bonchev–Trinajstić information content (AvgIpc) is 2.91. The highest BCUT2D eigenvalue weighted by Crippen LogP contribution is 2.26. The Bertz CT molecular complexity index is 557. The van der Waals surface area contributed by atoms with E-state index in [0.717, 1.165) is 32.4 Å². The van der Waals surface area contributed by atoms with E-state index in [0.29, 0.717) is 5.96 Å². The summed E-state index contributed by atoms with van der Waals surface area (Å²) >= 11 is 0. The van der Waals surface area contributed by atoms with Gasteiger partial charge < -0.3 is 19.8 Å². The molecule has 3 heterocycles. The number of nitrogens with zero attached hydrogens (tertiary/aromatic N) is 4. The molecular weight excluding hydrogens is 302 g/mol. The number of imide groups is 1. The average molecular weight is 323 g/mol. The third kappa shape index (κ3) is 2.82. The van der Waals surface area contributed by atoms with Crippen molar-refractivity contribution in [3.63, 3.8) is 0 Å².